The fourth-order valence-electron chi connectivity index (χ4n) is 2.94. The van der Waals surface area contributed by atoms with Gasteiger partial charge in [-0.15, -0.1) is 0 Å². The molecule has 1 amide bonds. The van der Waals surface area contributed by atoms with Crippen LogP contribution in [0.3, 0.4) is 0 Å². The molecule has 0 spiro atoms. The molecule has 0 aliphatic carbocycles. The van der Waals surface area contributed by atoms with E-state index in [9.17, 15) is 14.4 Å². The fourth-order valence-corrected chi connectivity index (χ4v) is 2.94. The minimum atomic E-state index is -0.482. The van der Waals surface area contributed by atoms with Crippen LogP contribution in [-0.2, 0) is 20.7 Å². The van der Waals surface area contributed by atoms with Gasteiger partial charge in [0.2, 0.25) is 5.91 Å². The van der Waals surface area contributed by atoms with Crippen molar-refractivity contribution >= 4 is 22.8 Å². The van der Waals surface area contributed by atoms with Crippen LogP contribution in [0.2, 0.25) is 0 Å². The molecule has 2 aromatic carbocycles. The lowest BCUT2D eigenvalue weighted by Crippen LogP contribution is -2.30. The number of H-pyrrole nitrogens is 1. The van der Waals surface area contributed by atoms with Crippen LogP contribution in [0.25, 0.3) is 10.9 Å². The number of benzene rings is 2. The number of rotatable bonds is 7. The molecule has 0 saturated heterocycles. The van der Waals surface area contributed by atoms with Crippen LogP contribution in [0, 0.1) is 0 Å². The Morgan fingerprint density at radius 2 is 1.82 bits per heavy atom. The standard InChI is InChI=1S/C21H21N3O4/c1-28-20(26)13-17(14-7-3-2-4-8-14)23-19(25)12-11-18-22-16-10-6-5-9-15(16)21(27)24-18/h2-10,17H,11-13H2,1H3,(H,23,25)(H,22,24,27). The predicted molar refractivity (Wildman–Crippen MR) is 105 cm³/mol. The quantitative estimate of drug-likeness (QED) is 0.613. The van der Waals surface area contributed by atoms with E-state index in [1.807, 2.05) is 36.4 Å². The van der Waals surface area contributed by atoms with Gasteiger partial charge in [-0.25, -0.2) is 4.98 Å². The number of aromatic amines is 1. The smallest absolute Gasteiger partial charge is 0.307 e. The number of hydrogen-bond donors (Lipinski definition) is 2. The molecule has 7 heteroatoms. The van der Waals surface area contributed by atoms with Gasteiger partial charge in [-0.2, -0.15) is 0 Å². The Morgan fingerprint density at radius 3 is 2.57 bits per heavy atom. The lowest BCUT2D eigenvalue weighted by Gasteiger charge is -2.18. The van der Waals surface area contributed by atoms with E-state index in [1.165, 1.54) is 7.11 Å². The molecule has 3 rings (SSSR count). The summed E-state index contributed by atoms with van der Waals surface area (Å²) in [6.45, 7) is 0. The van der Waals surface area contributed by atoms with E-state index in [0.29, 0.717) is 16.7 Å². The summed E-state index contributed by atoms with van der Waals surface area (Å²) >= 11 is 0. The average Bonchev–Trinajstić information content (AvgIpc) is 2.72. The summed E-state index contributed by atoms with van der Waals surface area (Å²) in [5.41, 5.74) is 1.18. The summed E-state index contributed by atoms with van der Waals surface area (Å²) in [4.78, 5) is 43.4. The van der Waals surface area contributed by atoms with Crippen LogP contribution >= 0.6 is 0 Å². The van der Waals surface area contributed by atoms with Crippen molar-refractivity contribution in [1.82, 2.24) is 15.3 Å². The van der Waals surface area contributed by atoms with E-state index in [2.05, 4.69) is 15.3 Å². The number of aryl methyl sites for hydroxylation is 1. The zero-order valence-corrected chi connectivity index (χ0v) is 15.5. The van der Waals surface area contributed by atoms with E-state index in [4.69, 9.17) is 4.74 Å². The number of amides is 1. The van der Waals surface area contributed by atoms with Crippen molar-refractivity contribution in [3.8, 4) is 0 Å². The molecule has 1 heterocycles. The van der Waals surface area contributed by atoms with Gasteiger partial charge in [0, 0.05) is 12.8 Å². The van der Waals surface area contributed by atoms with Gasteiger partial charge in [0.25, 0.3) is 5.56 Å². The molecule has 1 unspecified atom stereocenters. The maximum absolute atomic E-state index is 12.4. The zero-order valence-electron chi connectivity index (χ0n) is 15.5. The molecular formula is C21H21N3O4. The van der Waals surface area contributed by atoms with Crippen LogP contribution in [0.1, 0.15) is 30.3 Å². The third-order valence-electron chi connectivity index (χ3n) is 4.39. The summed E-state index contributed by atoms with van der Waals surface area (Å²) in [6, 6.07) is 15.8. The topological polar surface area (TPSA) is 101 Å². The Morgan fingerprint density at radius 1 is 1.11 bits per heavy atom. The number of esters is 1. The molecule has 1 atom stereocenters. The monoisotopic (exact) mass is 379 g/mol. The minimum Gasteiger partial charge on any atom is -0.469 e. The SMILES string of the molecule is COC(=O)CC(NC(=O)CCc1nc2ccccc2c(=O)[nH]1)c1ccccc1. The number of hydrogen-bond acceptors (Lipinski definition) is 5. The van der Waals surface area contributed by atoms with Gasteiger partial charge in [-0.1, -0.05) is 42.5 Å². The number of fused-ring (bicyclic) bond motifs is 1. The Hall–Kier alpha value is -3.48. The Kier molecular flexibility index (Phi) is 6.16. The third-order valence-corrected chi connectivity index (χ3v) is 4.39. The first-order chi connectivity index (χ1) is 13.6. The van der Waals surface area contributed by atoms with Gasteiger partial charge in [-0.05, 0) is 17.7 Å². The zero-order chi connectivity index (χ0) is 19.9. The molecule has 0 aliphatic rings. The van der Waals surface area contributed by atoms with Gasteiger partial charge < -0.3 is 15.0 Å². The van der Waals surface area contributed by atoms with Crippen molar-refractivity contribution in [3.05, 3.63) is 76.3 Å². The number of carbonyl (C=O) groups excluding carboxylic acids is 2. The van der Waals surface area contributed by atoms with Crippen LogP contribution in [0.15, 0.2) is 59.4 Å². The van der Waals surface area contributed by atoms with E-state index in [0.717, 1.165) is 5.56 Å². The molecule has 2 N–H and O–H groups in total. The molecule has 0 fully saturated rings. The lowest BCUT2D eigenvalue weighted by atomic mass is 10.0. The highest BCUT2D eigenvalue weighted by atomic mass is 16.5. The average molecular weight is 379 g/mol. The number of nitrogens with one attached hydrogen (secondary N) is 2. The Bertz CT molecular complexity index is 1030. The summed E-state index contributed by atoms with van der Waals surface area (Å²) in [6.07, 6.45) is 0.453. The molecule has 0 radical (unpaired) electrons. The van der Waals surface area contributed by atoms with Crippen molar-refractivity contribution in [2.45, 2.75) is 25.3 Å². The molecule has 3 aromatic rings. The summed E-state index contributed by atoms with van der Waals surface area (Å²) in [7, 11) is 1.31. The van der Waals surface area contributed by atoms with Crippen LogP contribution < -0.4 is 10.9 Å². The van der Waals surface area contributed by atoms with Gasteiger partial charge >= 0.3 is 5.97 Å². The number of carbonyl (C=O) groups is 2. The number of ether oxygens (including phenoxy) is 1. The highest BCUT2D eigenvalue weighted by molar-refractivity contribution is 5.79. The Labute approximate surface area is 161 Å². The van der Waals surface area contributed by atoms with Gasteiger partial charge in [-0.3, -0.25) is 14.4 Å². The summed E-state index contributed by atoms with van der Waals surface area (Å²) in [5, 5.41) is 3.37. The van der Waals surface area contributed by atoms with Crippen LogP contribution in [0.5, 0.6) is 0 Å². The summed E-state index contributed by atoms with van der Waals surface area (Å²) < 4.78 is 4.73. The highest BCUT2D eigenvalue weighted by Gasteiger charge is 2.19. The number of nitrogens with zero attached hydrogens (tertiary/aromatic N) is 1. The second kappa shape index (κ2) is 8.94. The normalized spacial score (nSPS) is 11.8. The molecule has 7 nitrogen and oxygen atoms in total. The van der Waals surface area contributed by atoms with Crippen molar-refractivity contribution in [2.24, 2.45) is 0 Å². The minimum absolute atomic E-state index is 0.0390. The molecule has 28 heavy (non-hydrogen) atoms. The first kappa shape index (κ1) is 19.3. The van der Waals surface area contributed by atoms with Gasteiger partial charge in [0.1, 0.15) is 5.82 Å². The van der Waals surface area contributed by atoms with Crippen LogP contribution in [-0.4, -0.2) is 29.0 Å². The number of aromatic nitrogens is 2. The van der Waals surface area contributed by atoms with E-state index >= 15 is 0 Å². The fraction of sp³-hybridized carbons (Fsp3) is 0.238. The number of para-hydroxylation sites is 1. The van der Waals surface area contributed by atoms with E-state index in [1.54, 1.807) is 18.2 Å². The second-order valence-corrected chi connectivity index (χ2v) is 6.34. The molecular weight excluding hydrogens is 358 g/mol. The molecule has 0 saturated carbocycles. The van der Waals surface area contributed by atoms with Gasteiger partial charge in [0.05, 0.1) is 30.5 Å². The first-order valence-corrected chi connectivity index (χ1v) is 8.96. The van der Waals surface area contributed by atoms with Gasteiger partial charge in [0.15, 0.2) is 0 Å². The van der Waals surface area contributed by atoms with Crippen molar-refractivity contribution in [3.63, 3.8) is 0 Å². The molecule has 0 aliphatic heterocycles. The lowest BCUT2D eigenvalue weighted by molar-refractivity contribution is -0.141. The highest BCUT2D eigenvalue weighted by Crippen LogP contribution is 2.17. The largest absolute Gasteiger partial charge is 0.469 e. The van der Waals surface area contributed by atoms with Crippen molar-refractivity contribution in [1.29, 1.82) is 0 Å². The maximum atomic E-state index is 12.4. The molecule has 0 bridgehead atoms. The van der Waals surface area contributed by atoms with E-state index < -0.39 is 12.0 Å². The second-order valence-electron chi connectivity index (χ2n) is 6.34. The maximum Gasteiger partial charge on any atom is 0.307 e. The van der Waals surface area contributed by atoms with Crippen LogP contribution in [0.4, 0.5) is 0 Å². The molecule has 1 aromatic heterocycles. The van der Waals surface area contributed by atoms with Crippen molar-refractivity contribution < 1.29 is 14.3 Å². The Balaban J connectivity index is 1.68. The van der Waals surface area contributed by atoms with Crippen molar-refractivity contribution in [2.75, 3.05) is 7.11 Å². The van der Waals surface area contributed by atoms with E-state index in [-0.39, 0.29) is 30.7 Å². The number of methoxy groups -OCH3 is 1. The predicted octanol–water partition coefficient (Wildman–Crippen LogP) is 2.28. The summed E-state index contributed by atoms with van der Waals surface area (Å²) in [5.74, 6) is -0.202. The molecule has 144 valence electrons. The first-order valence-electron chi connectivity index (χ1n) is 8.96. The third kappa shape index (κ3) is 4.82.